The second kappa shape index (κ2) is 13.5. The third-order valence-corrected chi connectivity index (χ3v) is 11.5. The minimum absolute atomic E-state index is 0.108. The van der Waals surface area contributed by atoms with Crippen molar-refractivity contribution in [1.29, 1.82) is 0 Å². The van der Waals surface area contributed by atoms with Crippen LogP contribution in [0.3, 0.4) is 0 Å². The van der Waals surface area contributed by atoms with E-state index in [0.717, 1.165) is 49.2 Å². The largest absolute Gasteiger partial charge is 0.495 e. The first-order chi connectivity index (χ1) is 22.8. The lowest BCUT2D eigenvalue weighted by atomic mass is 9.85. The third kappa shape index (κ3) is 6.60. The number of hydrogen-bond acceptors (Lipinski definition) is 8. The summed E-state index contributed by atoms with van der Waals surface area (Å²) in [6.07, 6.45) is 6.47. The summed E-state index contributed by atoms with van der Waals surface area (Å²) >= 11 is 8.27. The van der Waals surface area contributed by atoms with E-state index in [4.69, 9.17) is 31.0 Å². The summed E-state index contributed by atoms with van der Waals surface area (Å²) in [5.41, 5.74) is 0.0706. The number of carboxylic acids is 1. The standard InChI is InChI=1S/C36H45ClN4O6S/c1-20(2)25-19-48-32(39-25)24-16-28(23-12-13-27(46-5)29(37)30(23)38-24)47-22-15-26-31(42)40-36(34(44)45)17-21(36)11-9-7-6-8-10-14-35(3,4)33(43)41(26)18-22/h12-13,16,19-22,26H,6-11,14-15,17-18H2,1-5H3,(H,40,42)(H,44,45)/t21-,22-,26+,36-/m1/s1. The number of methoxy groups -OCH3 is 1. The number of ether oxygens (including phenoxy) is 2. The van der Waals surface area contributed by atoms with Crippen molar-refractivity contribution in [1.82, 2.24) is 20.2 Å². The van der Waals surface area contributed by atoms with E-state index >= 15 is 0 Å². The van der Waals surface area contributed by atoms with E-state index < -0.39 is 35.0 Å². The van der Waals surface area contributed by atoms with E-state index in [-0.39, 0.29) is 30.7 Å². The van der Waals surface area contributed by atoms with Crippen LogP contribution in [0.4, 0.5) is 0 Å². The van der Waals surface area contributed by atoms with Crippen LogP contribution in [0.5, 0.6) is 11.5 Å². The van der Waals surface area contributed by atoms with E-state index in [0.29, 0.717) is 46.0 Å². The number of aliphatic carboxylic acids is 1. The maximum atomic E-state index is 14.2. The molecule has 2 N–H and O–H groups in total. The molecule has 0 spiro atoms. The Bertz CT molecular complexity index is 1730. The zero-order chi connectivity index (χ0) is 34.4. The highest BCUT2D eigenvalue weighted by Crippen LogP contribution is 2.48. The zero-order valence-electron chi connectivity index (χ0n) is 28.3. The highest BCUT2D eigenvalue weighted by atomic mass is 35.5. The Balaban J connectivity index is 1.35. The molecule has 1 saturated carbocycles. The van der Waals surface area contributed by atoms with Gasteiger partial charge in [0.05, 0.1) is 24.9 Å². The molecule has 0 bridgehead atoms. The molecule has 4 atom stereocenters. The van der Waals surface area contributed by atoms with Gasteiger partial charge in [-0.25, -0.2) is 14.8 Å². The molecular formula is C36H45ClN4O6S. The van der Waals surface area contributed by atoms with Gasteiger partial charge in [0.25, 0.3) is 0 Å². The highest BCUT2D eigenvalue weighted by Gasteiger charge is 2.62. The van der Waals surface area contributed by atoms with Crippen molar-refractivity contribution in [2.24, 2.45) is 11.3 Å². The van der Waals surface area contributed by atoms with Gasteiger partial charge in [0.15, 0.2) is 0 Å². The Hall–Kier alpha value is -3.44. The quantitative estimate of drug-likeness (QED) is 0.276. The normalized spacial score (nSPS) is 26.3. The number of carbonyl (C=O) groups is 3. The summed E-state index contributed by atoms with van der Waals surface area (Å²) < 4.78 is 12.2. The van der Waals surface area contributed by atoms with Crippen molar-refractivity contribution in [3.63, 3.8) is 0 Å². The number of carbonyl (C=O) groups excluding carboxylic acids is 2. The molecule has 1 aliphatic carbocycles. The van der Waals surface area contributed by atoms with E-state index in [1.807, 2.05) is 31.4 Å². The lowest BCUT2D eigenvalue weighted by Crippen LogP contribution is -2.54. The molecule has 2 aromatic heterocycles. The van der Waals surface area contributed by atoms with Gasteiger partial charge in [0.2, 0.25) is 11.8 Å². The maximum Gasteiger partial charge on any atom is 0.329 e. The van der Waals surface area contributed by atoms with E-state index in [2.05, 4.69) is 19.2 Å². The van der Waals surface area contributed by atoms with Crippen molar-refractivity contribution in [2.45, 2.75) is 109 Å². The Morgan fingerprint density at radius 3 is 2.58 bits per heavy atom. The maximum absolute atomic E-state index is 14.2. The molecule has 2 saturated heterocycles. The molecule has 4 heterocycles. The summed E-state index contributed by atoms with van der Waals surface area (Å²) in [6, 6.07) is 4.57. The lowest BCUT2D eigenvalue weighted by molar-refractivity contribution is -0.148. The number of amides is 2. The molecule has 12 heteroatoms. The molecule has 258 valence electrons. The van der Waals surface area contributed by atoms with Gasteiger partial charge >= 0.3 is 5.97 Å². The number of halogens is 1. The second-order valence-electron chi connectivity index (χ2n) is 14.5. The third-order valence-electron chi connectivity index (χ3n) is 10.3. The highest BCUT2D eigenvalue weighted by molar-refractivity contribution is 7.13. The molecule has 3 aliphatic rings. The van der Waals surface area contributed by atoms with Crippen LogP contribution in [0.15, 0.2) is 23.6 Å². The molecule has 2 amide bonds. The Kier molecular flexibility index (Phi) is 9.65. The molecule has 3 aromatic rings. The van der Waals surface area contributed by atoms with Crippen molar-refractivity contribution >= 4 is 51.6 Å². The first-order valence-electron chi connectivity index (χ1n) is 17.0. The summed E-state index contributed by atoms with van der Waals surface area (Å²) in [5.74, 6) is -0.463. The molecule has 2 aliphatic heterocycles. The van der Waals surface area contributed by atoms with Gasteiger partial charge in [-0.3, -0.25) is 9.59 Å². The SMILES string of the molecule is COc1ccc2c(O[C@@H]3C[C@H]4C(=O)N[C@]5(C(=O)O)C[C@H]5CCCCCCCC(C)(C)C(=O)N4C3)cc(-c3nc(C(C)C)cs3)nc2c1Cl. The number of aromatic nitrogens is 2. The first kappa shape index (κ1) is 34.4. The summed E-state index contributed by atoms with van der Waals surface area (Å²) in [7, 11) is 1.55. The van der Waals surface area contributed by atoms with Crippen molar-refractivity contribution in [3.8, 4) is 22.2 Å². The number of pyridine rings is 1. The first-order valence-corrected chi connectivity index (χ1v) is 18.3. The minimum atomic E-state index is -1.28. The van der Waals surface area contributed by atoms with Crippen LogP contribution in [0, 0.1) is 11.3 Å². The van der Waals surface area contributed by atoms with E-state index in [1.165, 1.54) is 11.3 Å². The van der Waals surface area contributed by atoms with Crippen molar-refractivity contribution in [2.75, 3.05) is 13.7 Å². The minimum Gasteiger partial charge on any atom is -0.495 e. The van der Waals surface area contributed by atoms with Crippen LogP contribution in [-0.2, 0) is 14.4 Å². The number of nitrogens with zero attached hydrogens (tertiary/aromatic N) is 3. The monoisotopic (exact) mass is 696 g/mol. The molecule has 6 rings (SSSR count). The van der Waals surface area contributed by atoms with Gasteiger partial charge in [0, 0.05) is 28.7 Å². The average molecular weight is 697 g/mol. The number of nitrogens with one attached hydrogen (secondary N) is 1. The number of thiazole rings is 1. The van der Waals surface area contributed by atoms with Crippen molar-refractivity contribution < 1.29 is 29.0 Å². The zero-order valence-corrected chi connectivity index (χ0v) is 29.9. The van der Waals surface area contributed by atoms with Crippen molar-refractivity contribution in [3.05, 3.63) is 34.3 Å². The topological polar surface area (TPSA) is 131 Å². The average Bonchev–Trinajstić information content (AvgIpc) is 3.36. The van der Waals surface area contributed by atoms with Crippen LogP contribution in [-0.4, -0.2) is 69.1 Å². The Labute approximate surface area is 290 Å². The van der Waals surface area contributed by atoms with Gasteiger partial charge in [-0.15, -0.1) is 11.3 Å². The van der Waals surface area contributed by atoms with Gasteiger partial charge in [-0.2, -0.15) is 0 Å². The smallest absolute Gasteiger partial charge is 0.329 e. The van der Waals surface area contributed by atoms with Crippen LogP contribution in [0.2, 0.25) is 5.02 Å². The number of benzene rings is 1. The number of hydrogen-bond donors (Lipinski definition) is 2. The molecular weight excluding hydrogens is 652 g/mol. The summed E-state index contributed by atoms with van der Waals surface area (Å²) in [6.45, 7) is 8.22. The second-order valence-corrected chi connectivity index (χ2v) is 15.8. The Morgan fingerprint density at radius 2 is 1.88 bits per heavy atom. The van der Waals surface area contributed by atoms with Crippen LogP contribution >= 0.6 is 22.9 Å². The van der Waals surface area contributed by atoms with Gasteiger partial charge in [-0.1, -0.05) is 71.4 Å². The molecule has 3 fully saturated rings. The fourth-order valence-electron chi connectivity index (χ4n) is 7.21. The molecule has 48 heavy (non-hydrogen) atoms. The summed E-state index contributed by atoms with van der Waals surface area (Å²) in [5, 5.41) is 16.8. The Morgan fingerprint density at radius 1 is 1.12 bits per heavy atom. The molecule has 1 aromatic carbocycles. The van der Waals surface area contributed by atoms with Gasteiger partial charge < -0.3 is 24.8 Å². The van der Waals surface area contributed by atoms with Gasteiger partial charge in [0.1, 0.15) is 44.9 Å². The number of rotatable bonds is 6. The molecule has 0 radical (unpaired) electrons. The predicted octanol–water partition coefficient (Wildman–Crippen LogP) is 7.22. The summed E-state index contributed by atoms with van der Waals surface area (Å²) in [4.78, 5) is 51.9. The van der Waals surface area contributed by atoms with Crippen LogP contribution in [0.1, 0.15) is 97.1 Å². The fourth-order valence-corrected chi connectivity index (χ4v) is 8.44. The van der Waals surface area contributed by atoms with Crippen LogP contribution in [0.25, 0.3) is 21.6 Å². The molecule has 10 nitrogen and oxygen atoms in total. The van der Waals surface area contributed by atoms with E-state index in [1.54, 1.807) is 18.1 Å². The van der Waals surface area contributed by atoms with E-state index in [9.17, 15) is 19.5 Å². The predicted molar refractivity (Wildman–Crippen MR) is 186 cm³/mol. The van der Waals surface area contributed by atoms with Crippen LogP contribution < -0.4 is 14.8 Å². The number of carboxylic acid groups (broad SMARTS) is 1. The lowest BCUT2D eigenvalue weighted by Gasteiger charge is -2.33. The fraction of sp³-hybridized carbons (Fsp3) is 0.583. The molecule has 0 unspecified atom stereocenters. The van der Waals surface area contributed by atoms with Gasteiger partial charge in [-0.05, 0) is 43.2 Å². The number of fused-ring (bicyclic) bond motifs is 3.